The molecule has 0 radical (unpaired) electrons. The van der Waals surface area contributed by atoms with Crippen LogP contribution in [0.4, 0.5) is 0 Å². The number of rotatable bonds is 7. The molecule has 0 saturated heterocycles. The van der Waals surface area contributed by atoms with Crippen LogP contribution in [0.5, 0.6) is 0 Å². The fourth-order valence-electron chi connectivity index (χ4n) is 4.89. The molecule has 2 aliphatic carbocycles. The molecule has 2 saturated carbocycles. The molecule has 4 atom stereocenters. The van der Waals surface area contributed by atoms with Gasteiger partial charge in [0.05, 0.1) is 6.61 Å². The third-order valence-electron chi connectivity index (χ3n) is 6.23. The van der Waals surface area contributed by atoms with Crippen molar-refractivity contribution in [3.05, 3.63) is 0 Å². The van der Waals surface area contributed by atoms with E-state index in [0.29, 0.717) is 12.5 Å². The fraction of sp³-hybridized carbons (Fsp3) is 1.00. The Hall–Kier alpha value is -0.120. The van der Waals surface area contributed by atoms with Gasteiger partial charge in [0.25, 0.3) is 0 Å². The lowest BCUT2D eigenvalue weighted by Gasteiger charge is -2.39. The number of nitrogens with one attached hydrogen (secondary N) is 1. The van der Waals surface area contributed by atoms with Crippen molar-refractivity contribution in [1.82, 2.24) is 10.2 Å². The largest absolute Gasteiger partial charge is 0.394 e. The Morgan fingerprint density at radius 2 is 1.95 bits per heavy atom. The maximum absolute atomic E-state index is 9.90. The predicted octanol–water partition coefficient (Wildman–Crippen LogP) is 3.03. The number of aliphatic hydroxyl groups is 1. The Morgan fingerprint density at radius 3 is 2.62 bits per heavy atom. The highest BCUT2D eigenvalue weighted by molar-refractivity contribution is 4.99. The van der Waals surface area contributed by atoms with E-state index < -0.39 is 0 Å². The van der Waals surface area contributed by atoms with Gasteiger partial charge in [-0.1, -0.05) is 33.1 Å². The minimum Gasteiger partial charge on any atom is -0.394 e. The predicted molar refractivity (Wildman–Crippen MR) is 89.5 cm³/mol. The highest BCUT2D eigenvalue weighted by Crippen LogP contribution is 2.38. The minimum atomic E-state index is 0.00771. The summed E-state index contributed by atoms with van der Waals surface area (Å²) in [5, 5.41) is 13.5. The van der Waals surface area contributed by atoms with Gasteiger partial charge < -0.3 is 15.3 Å². The first-order valence-electron chi connectivity index (χ1n) is 9.19. The number of aliphatic hydroxyl groups excluding tert-OH is 1. The van der Waals surface area contributed by atoms with Crippen LogP contribution >= 0.6 is 0 Å². The van der Waals surface area contributed by atoms with Crippen LogP contribution in [0.1, 0.15) is 65.2 Å². The van der Waals surface area contributed by atoms with E-state index in [1.165, 1.54) is 51.5 Å². The van der Waals surface area contributed by atoms with Gasteiger partial charge in [0.1, 0.15) is 0 Å². The minimum absolute atomic E-state index is 0.00771. The maximum Gasteiger partial charge on any atom is 0.0616 e. The van der Waals surface area contributed by atoms with Gasteiger partial charge >= 0.3 is 0 Å². The molecular weight excluding hydrogens is 260 g/mol. The topological polar surface area (TPSA) is 35.5 Å². The third-order valence-corrected chi connectivity index (χ3v) is 6.23. The summed E-state index contributed by atoms with van der Waals surface area (Å²) in [6.45, 7) is 7.03. The molecule has 21 heavy (non-hydrogen) atoms. The lowest BCUT2D eigenvalue weighted by molar-refractivity contribution is 0.0959. The average Bonchev–Trinajstić information content (AvgIpc) is 2.89. The van der Waals surface area contributed by atoms with Crippen molar-refractivity contribution >= 4 is 0 Å². The summed E-state index contributed by atoms with van der Waals surface area (Å²) in [4.78, 5) is 2.61. The van der Waals surface area contributed by atoms with Crippen LogP contribution in [0, 0.1) is 11.8 Å². The second-order valence-electron chi connectivity index (χ2n) is 7.53. The molecule has 0 aromatic carbocycles. The Balaban J connectivity index is 1.86. The number of nitrogens with zero attached hydrogens (tertiary/aromatic N) is 1. The van der Waals surface area contributed by atoms with E-state index in [1.54, 1.807) is 0 Å². The van der Waals surface area contributed by atoms with Crippen LogP contribution in [-0.4, -0.2) is 48.3 Å². The normalized spacial score (nSPS) is 37.3. The number of hydrogen-bond acceptors (Lipinski definition) is 3. The molecule has 0 aromatic rings. The molecule has 0 heterocycles. The Morgan fingerprint density at radius 1 is 1.19 bits per heavy atom. The van der Waals surface area contributed by atoms with E-state index in [0.717, 1.165) is 24.9 Å². The first-order chi connectivity index (χ1) is 10.1. The highest BCUT2D eigenvalue weighted by Gasteiger charge is 2.41. The van der Waals surface area contributed by atoms with Crippen LogP contribution in [0.25, 0.3) is 0 Å². The maximum atomic E-state index is 9.90. The lowest BCUT2D eigenvalue weighted by Crippen LogP contribution is -2.52. The summed E-state index contributed by atoms with van der Waals surface area (Å²) in [5.41, 5.74) is 0.00771. The second kappa shape index (κ2) is 7.94. The standard InChI is InChI=1S/C18H36N2O/c1-4-19-18(14-21)12-7-9-16(18)11-13-20(3)17-10-6-5-8-15(17)2/h15-17,19,21H,4-14H2,1-3H3. The summed E-state index contributed by atoms with van der Waals surface area (Å²) in [6, 6.07) is 0.780. The van der Waals surface area contributed by atoms with Crippen molar-refractivity contribution in [2.45, 2.75) is 76.8 Å². The van der Waals surface area contributed by atoms with Gasteiger partial charge in [0, 0.05) is 11.6 Å². The Kier molecular flexibility index (Phi) is 6.51. The van der Waals surface area contributed by atoms with Crippen molar-refractivity contribution in [3.8, 4) is 0 Å². The zero-order valence-electron chi connectivity index (χ0n) is 14.4. The summed E-state index contributed by atoms with van der Waals surface area (Å²) < 4.78 is 0. The van der Waals surface area contributed by atoms with Gasteiger partial charge in [0.15, 0.2) is 0 Å². The monoisotopic (exact) mass is 296 g/mol. The smallest absolute Gasteiger partial charge is 0.0616 e. The van der Waals surface area contributed by atoms with Crippen LogP contribution in [0.3, 0.4) is 0 Å². The van der Waals surface area contributed by atoms with Crippen molar-refractivity contribution in [2.75, 3.05) is 26.7 Å². The van der Waals surface area contributed by atoms with E-state index in [2.05, 4.69) is 31.1 Å². The second-order valence-corrected chi connectivity index (χ2v) is 7.53. The van der Waals surface area contributed by atoms with Crippen LogP contribution in [-0.2, 0) is 0 Å². The van der Waals surface area contributed by atoms with Gasteiger partial charge in [-0.15, -0.1) is 0 Å². The van der Waals surface area contributed by atoms with Gasteiger partial charge in [-0.3, -0.25) is 0 Å². The van der Waals surface area contributed by atoms with Crippen molar-refractivity contribution in [2.24, 2.45) is 11.8 Å². The van der Waals surface area contributed by atoms with Crippen LogP contribution in [0.2, 0.25) is 0 Å². The summed E-state index contributed by atoms with van der Waals surface area (Å²) in [7, 11) is 2.31. The lowest BCUT2D eigenvalue weighted by atomic mass is 9.83. The van der Waals surface area contributed by atoms with Gasteiger partial charge in [-0.05, 0) is 64.1 Å². The molecular formula is C18H36N2O. The number of hydrogen-bond donors (Lipinski definition) is 2. The fourth-order valence-corrected chi connectivity index (χ4v) is 4.89. The van der Waals surface area contributed by atoms with Crippen LogP contribution in [0.15, 0.2) is 0 Å². The molecule has 3 heteroatoms. The molecule has 0 amide bonds. The first kappa shape index (κ1) is 17.2. The molecule has 2 fully saturated rings. The number of likely N-dealkylation sites (N-methyl/N-ethyl adjacent to an activating group) is 1. The Bertz CT molecular complexity index is 310. The molecule has 124 valence electrons. The molecule has 4 unspecified atom stereocenters. The first-order valence-corrected chi connectivity index (χ1v) is 9.19. The van der Waals surface area contributed by atoms with Crippen LogP contribution < -0.4 is 5.32 Å². The molecule has 0 spiro atoms. The quantitative estimate of drug-likeness (QED) is 0.758. The molecule has 2 N–H and O–H groups in total. The van der Waals surface area contributed by atoms with Gasteiger partial charge in [-0.25, -0.2) is 0 Å². The molecule has 2 aliphatic rings. The van der Waals surface area contributed by atoms with Gasteiger partial charge in [-0.2, -0.15) is 0 Å². The molecule has 2 rings (SSSR count). The summed E-state index contributed by atoms with van der Waals surface area (Å²) in [6.07, 6.45) is 10.5. The van der Waals surface area contributed by atoms with Crippen molar-refractivity contribution < 1.29 is 5.11 Å². The zero-order chi connectivity index (χ0) is 15.3. The Labute approximate surface area is 131 Å². The highest BCUT2D eigenvalue weighted by atomic mass is 16.3. The molecule has 0 bridgehead atoms. The van der Waals surface area contributed by atoms with E-state index in [4.69, 9.17) is 0 Å². The average molecular weight is 296 g/mol. The van der Waals surface area contributed by atoms with E-state index in [1.807, 2.05) is 0 Å². The molecule has 3 nitrogen and oxygen atoms in total. The molecule has 0 aliphatic heterocycles. The van der Waals surface area contributed by atoms with E-state index in [9.17, 15) is 5.11 Å². The van der Waals surface area contributed by atoms with E-state index >= 15 is 0 Å². The summed E-state index contributed by atoms with van der Waals surface area (Å²) >= 11 is 0. The van der Waals surface area contributed by atoms with Crippen molar-refractivity contribution in [3.63, 3.8) is 0 Å². The molecule has 0 aromatic heterocycles. The SMILES string of the molecule is CCNC1(CO)CCCC1CCN(C)C1CCCCC1C. The summed E-state index contributed by atoms with van der Waals surface area (Å²) in [5.74, 6) is 1.49. The van der Waals surface area contributed by atoms with E-state index in [-0.39, 0.29) is 5.54 Å². The van der Waals surface area contributed by atoms with Crippen molar-refractivity contribution in [1.29, 1.82) is 0 Å². The van der Waals surface area contributed by atoms with Gasteiger partial charge in [0.2, 0.25) is 0 Å². The zero-order valence-corrected chi connectivity index (χ0v) is 14.4. The third kappa shape index (κ3) is 4.00.